The minimum Gasteiger partial charge on any atom is -0.310 e. The van der Waals surface area contributed by atoms with Crippen LogP contribution in [0.15, 0.2) is 22.7 Å². The fourth-order valence-electron chi connectivity index (χ4n) is 1.88. The van der Waals surface area contributed by atoms with Crippen LogP contribution in [-0.2, 0) is 6.54 Å². The average molecular weight is 316 g/mol. The van der Waals surface area contributed by atoms with E-state index < -0.39 is 0 Å². The molecule has 0 radical (unpaired) electrons. The van der Waals surface area contributed by atoms with Crippen molar-refractivity contribution in [3.8, 4) is 0 Å². The van der Waals surface area contributed by atoms with Crippen LogP contribution in [0, 0.1) is 11.7 Å². The zero-order valence-corrected chi connectivity index (χ0v) is 13.1. The Bertz CT molecular complexity index is 366. The molecule has 0 aliphatic rings. The first-order valence-electron chi connectivity index (χ1n) is 6.66. The summed E-state index contributed by atoms with van der Waals surface area (Å²) in [5.74, 6) is 0.578. The Morgan fingerprint density at radius 3 is 2.56 bits per heavy atom. The largest absolute Gasteiger partial charge is 0.310 e. The topological polar surface area (TPSA) is 12.0 Å². The molecule has 0 saturated carbocycles. The number of nitrogens with one attached hydrogen (secondary N) is 1. The van der Waals surface area contributed by atoms with E-state index in [-0.39, 0.29) is 5.82 Å². The summed E-state index contributed by atoms with van der Waals surface area (Å²) in [7, 11) is 0. The van der Waals surface area contributed by atoms with Crippen molar-refractivity contribution in [3.05, 3.63) is 34.1 Å². The summed E-state index contributed by atoms with van der Waals surface area (Å²) >= 11 is 3.21. The highest BCUT2D eigenvalue weighted by Crippen LogP contribution is 2.17. The lowest BCUT2D eigenvalue weighted by Crippen LogP contribution is -2.25. The molecule has 0 bridgehead atoms. The maximum absolute atomic E-state index is 13.1. The lowest BCUT2D eigenvalue weighted by molar-refractivity contribution is 0.457. The predicted octanol–water partition coefficient (Wildman–Crippen LogP) is 4.89. The van der Waals surface area contributed by atoms with Crippen molar-refractivity contribution in [2.45, 2.75) is 52.6 Å². The maximum atomic E-state index is 13.1. The van der Waals surface area contributed by atoms with Crippen molar-refractivity contribution in [3.63, 3.8) is 0 Å². The van der Waals surface area contributed by atoms with Gasteiger partial charge in [0.25, 0.3) is 0 Å². The second-order valence-electron chi connectivity index (χ2n) is 5.36. The van der Waals surface area contributed by atoms with Crippen LogP contribution in [0.3, 0.4) is 0 Å². The van der Waals surface area contributed by atoms with Gasteiger partial charge in [-0.2, -0.15) is 0 Å². The molecule has 102 valence electrons. The van der Waals surface area contributed by atoms with Crippen LogP contribution in [0.4, 0.5) is 4.39 Å². The van der Waals surface area contributed by atoms with E-state index in [0.717, 1.165) is 18.0 Å². The normalized spacial score (nSPS) is 13.0. The highest BCUT2D eigenvalue weighted by Gasteiger charge is 2.04. The standard InChI is InChI=1S/C15H23BrFN/c1-11(2)5-4-6-12(3)18-10-13-7-8-15(17)14(16)9-13/h7-9,11-12,18H,4-6,10H2,1-3H3. The Morgan fingerprint density at radius 1 is 1.22 bits per heavy atom. The van der Waals surface area contributed by atoms with E-state index in [9.17, 15) is 4.39 Å². The molecule has 18 heavy (non-hydrogen) atoms. The summed E-state index contributed by atoms with van der Waals surface area (Å²) in [6, 6.07) is 5.68. The SMILES string of the molecule is CC(C)CCCC(C)NCc1ccc(F)c(Br)c1. The molecular weight excluding hydrogens is 293 g/mol. The number of rotatable bonds is 7. The van der Waals surface area contributed by atoms with Crippen LogP contribution >= 0.6 is 15.9 Å². The number of halogens is 2. The van der Waals surface area contributed by atoms with Crippen molar-refractivity contribution in [2.24, 2.45) is 5.92 Å². The van der Waals surface area contributed by atoms with Crippen LogP contribution in [0.1, 0.15) is 45.6 Å². The molecule has 0 aromatic heterocycles. The van der Waals surface area contributed by atoms with Crippen molar-refractivity contribution >= 4 is 15.9 Å². The molecule has 1 N–H and O–H groups in total. The van der Waals surface area contributed by atoms with Gasteiger partial charge in [0.05, 0.1) is 4.47 Å². The van der Waals surface area contributed by atoms with Crippen molar-refractivity contribution in [2.75, 3.05) is 0 Å². The lowest BCUT2D eigenvalue weighted by atomic mass is 10.0. The maximum Gasteiger partial charge on any atom is 0.137 e. The van der Waals surface area contributed by atoms with E-state index in [1.807, 2.05) is 12.1 Å². The summed E-state index contributed by atoms with van der Waals surface area (Å²) in [6.07, 6.45) is 3.74. The second kappa shape index (κ2) is 7.90. The van der Waals surface area contributed by atoms with Gasteiger partial charge in [-0.05, 0) is 52.9 Å². The van der Waals surface area contributed by atoms with Gasteiger partial charge in [-0.3, -0.25) is 0 Å². The number of benzene rings is 1. The zero-order valence-electron chi connectivity index (χ0n) is 11.5. The van der Waals surface area contributed by atoms with E-state index in [4.69, 9.17) is 0 Å². The Morgan fingerprint density at radius 2 is 1.94 bits per heavy atom. The summed E-state index contributed by atoms with van der Waals surface area (Å²) in [5, 5.41) is 3.48. The third-order valence-corrected chi connectivity index (χ3v) is 3.66. The molecule has 1 atom stereocenters. The van der Waals surface area contributed by atoms with Gasteiger partial charge < -0.3 is 5.32 Å². The van der Waals surface area contributed by atoms with Crippen LogP contribution in [0.25, 0.3) is 0 Å². The summed E-state index contributed by atoms with van der Waals surface area (Å²) < 4.78 is 13.6. The van der Waals surface area contributed by atoms with Crippen molar-refractivity contribution < 1.29 is 4.39 Å². The number of hydrogen-bond donors (Lipinski definition) is 1. The minimum atomic E-state index is -0.205. The van der Waals surface area contributed by atoms with E-state index in [1.54, 1.807) is 0 Å². The van der Waals surface area contributed by atoms with Crippen molar-refractivity contribution in [1.82, 2.24) is 5.32 Å². The van der Waals surface area contributed by atoms with Gasteiger partial charge in [-0.25, -0.2) is 4.39 Å². The van der Waals surface area contributed by atoms with E-state index in [0.29, 0.717) is 10.5 Å². The van der Waals surface area contributed by atoms with Crippen LogP contribution in [0.5, 0.6) is 0 Å². The van der Waals surface area contributed by atoms with Gasteiger partial charge in [-0.15, -0.1) is 0 Å². The molecule has 0 aliphatic carbocycles. The Balaban J connectivity index is 2.29. The van der Waals surface area contributed by atoms with E-state index in [2.05, 4.69) is 42.0 Å². The summed E-state index contributed by atoms with van der Waals surface area (Å²) in [6.45, 7) is 7.52. The third-order valence-electron chi connectivity index (χ3n) is 3.06. The molecule has 0 aliphatic heterocycles. The van der Waals surface area contributed by atoms with Crippen molar-refractivity contribution in [1.29, 1.82) is 0 Å². The van der Waals surface area contributed by atoms with Crippen LogP contribution in [-0.4, -0.2) is 6.04 Å². The van der Waals surface area contributed by atoms with Crippen LogP contribution in [0.2, 0.25) is 0 Å². The van der Waals surface area contributed by atoms with Gasteiger partial charge in [0.1, 0.15) is 5.82 Å². The Kier molecular flexibility index (Phi) is 6.87. The highest BCUT2D eigenvalue weighted by atomic mass is 79.9. The third kappa shape index (κ3) is 5.96. The molecule has 0 heterocycles. The van der Waals surface area contributed by atoms with Gasteiger partial charge in [0.15, 0.2) is 0 Å². The molecule has 1 rings (SSSR count). The fraction of sp³-hybridized carbons (Fsp3) is 0.600. The first kappa shape index (κ1) is 15.6. The predicted molar refractivity (Wildman–Crippen MR) is 79.1 cm³/mol. The van der Waals surface area contributed by atoms with Crippen LogP contribution < -0.4 is 5.32 Å². The minimum absolute atomic E-state index is 0.205. The quantitative estimate of drug-likeness (QED) is 0.755. The molecule has 3 heteroatoms. The molecule has 0 fully saturated rings. The van der Waals surface area contributed by atoms with E-state index in [1.165, 1.54) is 25.3 Å². The van der Waals surface area contributed by atoms with Gasteiger partial charge in [0, 0.05) is 12.6 Å². The average Bonchev–Trinajstić information content (AvgIpc) is 2.30. The summed E-state index contributed by atoms with van der Waals surface area (Å²) in [4.78, 5) is 0. The van der Waals surface area contributed by atoms with E-state index >= 15 is 0 Å². The Labute approximate surface area is 118 Å². The first-order valence-corrected chi connectivity index (χ1v) is 7.45. The second-order valence-corrected chi connectivity index (χ2v) is 6.21. The monoisotopic (exact) mass is 315 g/mol. The zero-order chi connectivity index (χ0) is 13.5. The lowest BCUT2D eigenvalue weighted by Gasteiger charge is -2.14. The summed E-state index contributed by atoms with van der Waals surface area (Å²) in [5.41, 5.74) is 1.11. The molecule has 1 aromatic carbocycles. The smallest absolute Gasteiger partial charge is 0.137 e. The molecule has 0 amide bonds. The Hall–Kier alpha value is -0.410. The molecule has 0 spiro atoms. The van der Waals surface area contributed by atoms with Gasteiger partial charge in [-0.1, -0.05) is 32.8 Å². The number of hydrogen-bond acceptors (Lipinski definition) is 1. The molecular formula is C15H23BrFN. The fourth-order valence-corrected chi connectivity index (χ4v) is 2.30. The highest BCUT2D eigenvalue weighted by molar-refractivity contribution is 9.10. The van der Waals surface area contributed by atoms with Gasteiger partial charge in [0.2, 0.25) is 0 Å². The molecule has 1 aromatic rings. The molecule has 1 unspecified atom stereocenters. The molecule has 1 nitrogen and oxygen atoms in total. The first-order chi connectivity index (χ1) is 8.49. The molecule has 0 saturated heterocycles. The van der Waals surface area contributed by atoms with Gasteiger partial charge >= 0.3 is 0 Å².